The number of halogens is 3. The molecule has 0 amide bonds. The minimum atomic E-state index is -3.29. The summed E-state index contributed by atoms with van der Waals surface area (Å²) < 4.78 is 34.2. The summed E-state index contributed by atoms with van der Waals surface area (Å²) in [6.07, 6.45) is 0.597. The van der Waals surface area contributed by atoms with Gasteiger partial charge in [-0.1, -0.05) is 30.3 Å². The SMILES string of the molecule is Cc1cc(C)nc(S[C@]2(C(F)(F)Br)N[C@@H](Cc3ccccc3)CO2)n1. The van der Waals surface area contributed by atoms with Crippen molar-refractivity contribution in [3.8, 4) is 0 Å². The molecule has 1 aliphatic heterocycles. The Kier molecular flexibility index (Phi) is 5.43. The quantitative estimate of drug-likeness (QED) is 0.573. The highest BCUT2D eigenvalue weighted by atomic mass is 79.9. The topological polar surface area (TPSA) is 47.0 Å². The summed E-state index contributed by atoms with van der Waals surface area (Å²) in [6, 6.07) is 11.3. The summed E-state index contributed by atoms with van der Waals surface area (Å²) in [7, 11) is 0. The molecule has 1 aliphatic rings. The van der Waals surface area contributed by atoms with E-state index in [9.17, 15) is 8.78 Å². The maximum atomic E-state index is 14.3. The number of nitrogens with one attached hydrogen (secondary N) is 1. The van der Waals surface area contributed by atoms with E-state index in [1.165, 1.54) is 0 Å². The van der Waals surface area contributed by atoms with E-state index in [4.69, 9.17) is 4.74 Å². The van der Waals surface area contributed by atoms with Gasteiger partial charge in [-0.2, -0.15) is 8.78 Å². The normalized spacial score (nSPS) is 23.8. The van der Waals surface area contributed by atoms with Crippen LogP contribution in [0, 0.1) is 13.8 Å². The molecule has 1 aromatic heterocycles. The van der Waals surface area contributed by atoms with Gasteiger partial charge in [0.1, 0.15) is 0 Å². The summed E-state index contributed by atoms with van der Waals surface area (Å²) in [5.41, 5.74) is 2.51. The zero-order valence-electron chi connectivity index (χ0n) is 13.8. The Balaban J connectivity index is 1.81. The second-order valence-electron chi connectivity index (χ2n) is 5.99. The Morgan fingerprint density at radius 1 is 1.28 bits per heavy atom. The fraction of sp³-hybridized carbons (Fsp3) is 0.412. The van der Waals surface area contributed by atoms with Crippen LogP contribution in [0.3, 0.4) is 0 Å². The summed E-state index contributed by atoms with van der Waals surface area (Å²) in [6.45, 7) is 3.78. The van der Waals surface area contributed by atoms with E-state index >= 15 is 0 Å². The van der Waals surface area contributed by atoms with Gasteiger partial charge in [-0.15, -0.1) is 0 Å². The van der Waals surface area contributed by atoms with Crippen molar-refractivity contribution >= 4 is 27.7 Å². The summed E-state index contributed by atoms with van der Waals surface area (Å²) in [5, 5.41) is 1.25. The van der Waals surface area contributed by atoms with Gasteiger partial charge >= 0.3 is 4.83 Å². The van der Waals surface area contributed by atoms with E-state index in [-0.39, 0.29) is 17.8 Å². The highest BCUT2D eigenvalue weighted by molar-refractivity contribution is 9.10. The van der Waals surface area contributed by atoms with Crippen LogP contribution in [-0.2, 0) is 11.2 Å². The largest absolute Gasteiger partial charge is 0.353 e. The average Bonchev–Trinajstić information content (AvgIpc) is 2.91. The zero-order valence-corrected chi connectivity index (χ0v) is 16.2. The second-order valence-corrected chi connectivity index (χ2v) is 8.13. The molecule has 0 saturated carbocycles. The molecule has 0 radical (unpaired) electrons. The summed E-state index contributed by atoms with van der Waals surface area (Å²) >= 11 is 3.27. The van der Waals surface area contributed by atoms with E-state index < -0.39 is 9.89 Å². The van der Waals surface area contributed by atoms with Crippen molar-refractivity contribution in [2.24, 2.45) is 0 Å². The lowest BCUT2D eigenvalue weighted by atomic mass is 10.1. The van der Waals surface area contributed by atoms with Gasteiger partial charge in [-0.05, 0) is 59.6 Å². The number of nitrogens with zero attached hydrogens (tertiary/aromatic N) is 2. The van der Waals surface area contributed by atoms with Gasteiger partial charge in [-0.3, -0.25) is 5.32 Å². The van der Waals surface area contributed by atoms with Crippen molar-refractivity contribution in [3.05, 3.63) is 53.3 Å². The van der Waals surface area contributed by atoms with Crippen LogP contribution >= 0.6 is 27.7 Å². The Bertz CT molecular complexity index is 724. The molecule has 4 nitrogen and oxygen atoms in total. The average molecular weight is 430 g/mol. The van der Waals surface area contributed by atoms with E-state index in [2.05, 4.69) is 31.2 Å². The molecule has 25 heavy (non-hydrogen) atoms. The minimum absolute atomic E-state index is 0.174. The van der Waals surface area contributed by atoms with Crippen LogP contribution in [0.1, 0.15) is 17.0 Å². The third kappa shape index (κ3) is 4.36. The fourth-order valence-electron chi connectivity index (χ4n) is 2.73. The van der Waals surface area contributed by atoms with Crippen LogP contribution < -0.4 is 5.32 Å². The number of alkyl halides is 3. The molecule has 8 heteroatoms. The highest BCUT2D eigenvalue weighted by Crippen LogP contribution is 2.48. The van der Waals surface area contributed by atoms with Gasteiger partial charge in [0, 0.05) is 17.4 Å². The molecule has 1 aromatic carbocycles. The highest BCUT2D eigenvalue weighted by Gasteiger charge is 2.59. The van der Waals surface area contributed by atoms with Crippen molar-refractivity contribution in [3.63, 3.8) is 0 Å². The van der Waals surface area contributed by atoms with Gasteiger partial charge in [0.25, 0.3) is 5.06 Å². The van der Waals surface area contributed by atoms with Crippen LogP contribution in [0.15, 0.2) is 41.6 Å². The molecule has 1 fully saturated rings. The van der Waals surface area contributed by atoms with Crippen LogP contribution in [-0.4, -0.2) is 32.5 Å². The summed E-state index contributed by atoms with van der Waals surface area (Å²) in [4.78, 5) is 5.19. The first-order valence-corrected chi connectivity index (χ1v) is 9.42. The monoisotopic (exact) mass is 429 g/mol. The van der Waals surface area contributed by atoms with Gasteiger partial charge in [0.15, 0.2) is 5.16 Å². The van der Waals surface area contributed by atoms with Crippen LogP contribution in [0.4, 0.5) is 8.78 Å². The molecular formula is C17H18BrF2N3OS. The molecule has 0 unspecified atom stereocenters. The number of rotatable bonds is 5. The first kappa shape index (κ1) is 18.7. The number of thioether (sulfide) groups is 1. The molecule has 1 N–H and O–H groups in total. The van der Waals surface area contributed by atoms with Crippen molar-refractivity contribution in [1.82, 2.24) is 15.3 Å². The fourth-order valence-corrected chi connectivity index (χ4v) is 4.30. The Morgan fingerprint density at radius 2 is 1.92 bits per heavy atom. The molecule has 0 spiro atoms. The van der Waals surface area contributed by atoms with E-state index in [1.807, 2.05) is 30.3 Å². The molecule has 0 bridgehead atoms. The Hall–Kier alpha value is -1.09. The van der Waals surface area contributed by atoms with Crippen LogP contribution in [0.25, 0.3) is 0 Å². The van der Waals surface area contributed by atoms with Crippen molar-refractivity contribution < 1.29 is 13.5 Å². The predicted molar refractivity (Wildman–Crippen MR) is 97.0 cm³/mol. The predicted octanol–water partition coefficient (Wildman–Crippen LogP) is 4.06. The maximum absolute atomic E-state index is 14.3. The molecule has 2 atom stereocenters. The lowest BCUT2D eigenvalue weighted by molar-refractivity contribution is -0.0766. The minimum Gasteiger partial charge on any atom is -0.343 e. The van der Waals surface area contributed by atoms with Crippen LogP contribution in [0.5, 0.6) is 0 Å². The van der Waals surface area contributed by atoms with Crippen molar-refractivity contribution in [1.29, 1.82) is 0 Å². The number of ether oxygens (including phenoxy) is 1. The smallest absolute Gasteiger partial charge is 0.343 e. The standard InChI is InChI=1S/C17H18BrF2N3OS/c1-11-8-12(2)22-15(21-11)25-17(16(18,19)20)23-14(10-24-17)9-13-6-4-3-5-7-13/h3-8,14,23H,9-10H2,1-2H3/t14-,17+/m0/s1. The van der Waals surface area contributed by atoms with Crippen molar-refractivity contribution in [2.75, 3.05) is 6.61 Å². The molecule has 2 heterocycles. The number of benzene rings is 1. The third-order valence-corrected chi connectivity index (χ3v) is 5.74. The Morgan fingerprint density at radius 3 is 2.52 bits per heavy atom. The van der Waals surface area contributed by atoms with Crippen LogP contribution in [0.2, 0.25) is 0 Å². The Labute approximate surface area is 157 Å². The van der Waals surface area contributed by atoms with Gasteiger partial charge in [0.2, 0.25) is 0 Å². The molecule has 2 aromatic rings. The van der Waals surface area contributed by atoms with Gasteiger partial charge in [-0.25, -0.2) is 9.97 Å². The molecule has 134 valence electrons. The number of hydrogen-bond donors (Lipinski definition) is 1. The third-order valence-electron chi connectivity index (χ3n) is 3.78. The lowest BCUT2D eigenvalue weighted by Crippen LogP contribution is -2.52. The first-order valence-electron chi connectivity index (χ1n) is 7.81. The molecule has 0 aliphatic carbocycles. The van der Waals surface area contributed by atoms with Gasteiger partial charge in [0.05, 0.1) is 6.61 Å². The van der Waals surface area contributed by atoms with E-state index in [1.54, 1.807) is 19.9 Å². The second kappa shape index (κ2) is 7.26. The number of aromatic nitrogens is 2. The maximum Gasteiger partial charge on any atom is 0.353 e. The first-order chi connectivity index (χ1) is 11.8. The van der Waals surface area contributed by atoms with Crippen molar-refractivity contribution in [2.45, 2.75) is 41.4 Å². The molecule has 3 rings (SSSR count). The summed E-state index contributed by atoms with van der Waals surface area (Å²) in [5.74, 6) is 0. The zero-order chi connectivity index (χ0) is 18.1. The van der Waals surface area contributed by atoms with E-state index in [0.717, 1.165) is 28.7 Å². The number of hydrogen-bond acceptors (Lipinski definition) is 5. The number of aryl methyl sites for hydroxylation is 2. The van der Waals surface area contributed by atoms with Gasteiger partial charge < -0.3 is 4.74 Å². The molecular weight excluding hydrogens is 412 g/mol. The molecule has 1 saturated heterocycles. The van der Waals surface area contributed by atoms with E-state index in [0.29, 0.717) is 6.42 Å². The lowest BCUT2D eigenvalue weighted by Gasteiger charge is -2.31.